The van der Waals surface area contributed by atoms with E-state index in [-0.39, 0.29) is 21.7 Å². The highest BCUT2D eigenvalue weighted by Crippen LogP contribution is 2.38. The first-order chi connectivity index (χ1) is 14.4. The van der Waals surface area contributed by atoms with E-state index in [1.807, 2.05) is 4.90 Å². The van der Waals surface area contributed by atoms with E-state index in [1.165, 1.54) is 19.2 Å². The summed E-state index contributed by atoms with van der Waals surface area (Å²) in [6.45, 7) is 1.40. The normalized spacial score (nSPS) is 14.7. The Kier molecular flexibility index (Phi) is 5.95. The first kappa shape index (κ1) is 21.0. The van der Waals surface area contributed by atoms with Crippen LogP contribution in [0.15, 0.2) is 56.8 Å². The van der Waals surface area contributed by atoms with Gasteiger partial charge in [0.15, 0.2) is 0 Å². The molecule has 1 saturated heterocycles. The molecule has 6 nitrogen and oxygen atoms in total. The largest absolute Gasteiger partial charge is 0.497 e. The summed E-state index contributed by atoms with van der Waals surface area (Å²) in [5.41, 5.74) is 0.482. The number of ether oxygens (including phenoxy) is 1. The van der Waals surface area contributed by atoms with Crippen LogP contribution in [0.5, 0.6) is 5.75 Å². The molecule has 30 heavy (non-hydrogen) atoms. The Bertz CT molecular complexity index is 1150. The quantitative estimate of drug-likeness (QED) is 0.495. The highest BCUT2D eigenvalue weighted by Gasteiger charge is 2.32. The molecule has 0 radical (unpaired) electrons. The van der Waals surface area contributed by atoms with E-state index in [9.17, 15) is 8.42 Å². The number of nitrogens with zero attached hydrogens (tertiary/aromatic N) is 2. The van der Waals surface area contributed by atoms with Crippen molar-refractivity contribution in [3.8, 4) is 17.2 Å². The Labute approximate surface area is 185 Å². The lowest BCUT2D eigenvalue weighted by Crippen LogP contribution is -2.30. The standard InChI is InChI=1S/C21H20Cl2N2O4S/c1-28-15-6-8-16(9-7-15)30(26,27)20-21(25-11-3-2-4-12-25)29-19(24-20)17-10-5-14(22)13-18(17)23/h5-10,13H,2-4,11-12H2,1H3. The van der Waals surface area contributed by atoms with Crippen molar-refractivity contribution in [3.63, 3.8) is 0 Å². The van der Waals surface area contributed by atoms with Crippen molar-refractivity contribution in [2.45, 2.75) is 29.2 Å². The van der Waals surface area contributed by atoms with Gasteiger partial charge >= 0.3 is 0 Å². The molecule has 4 rings (SSSR count). The molecule has 1 aliphatic heterocycles. The van der Waals surface area contributed by atoms with Gasteiger partial charge in [0.25, 0.3) is 0 Å². The highest BCUT2D eigenvalue weighted by atomic mass is 35.5. The first-order valence-corrected chi connectivity index (χ1v) is 11.7. The number of anilines is 1. The Morgan fingerprint density at radius 3 is 2.37 bits per heavy atom. The summed E-state index contributed by atoms with van der Waals surface area (Å²) < 4.78 is 38.0. The van der Waals surface area contributed by atoms with E-state index < -0.39 is 9.84 Å². The average Bonchev–Trinajstić information content (AvgIpc) is 3.20. The molecule has 2 aromatic carbocycles. The van der Waals surface area contributed by atoms with Crippen LogP contribution in [0.4, 0.5) is 5.88 Å². The van der Waals surface area contributed by atoms with Crippen LogP contribution in [-0.2, 0) is 9.84 Å². The van der Waals surface area contributed by atoms with Crippen molar-refractivity contribution in [2.75, 3.05) is 25.1 Å². The molecule has 1 fully saturated rings. The minimum Gasteiger partial charge on any atom is -0.497 e. The molecule has 9 heteroatoms. The van der Waals surface area contributed by atoms with E-state index in [0.717, 1.165) is 19.3 Å². The van der Waals surface area contributed by atoms with Crippen LogP contribution in [0, 0.1) is 0 Å². The van der Waals surface area contributed by atoms with Gasteiger partial charge in [-0.25, -0.2) is 8.42 Å². The average molecular weight is 467 g/mol. The molecule has 2 heterocycles. The second kappa shape index (κ2) is 8.49. The molecule has 0 N–H and O–H groups in total. The summed E-state index contributed by atoms with van der Waals surface area (Å²) in [5.74, 6) is 0.954. The van der Waals surface area contributed by atoms with E-state index >= 15 is 0 Å². The van der Waals surface area contributed by atoms with Crippen LogP contribution in [0.1, 0.15) is 19.3 Å². The van der Waals surface area contributed by atoms with Crippen molar-refractivity contribution >= 4 is 38.9 Å². The maximum Gasteiger partial charge on any atom is 0.236 e. The molecule has 158 valence electrons. The minimum atomic E-state index is -3.92. The van der Waals surface area contributed by atoms with Crippen LogP contribution >= 0.6 is 23.2 Å². The highest BCUT2D eigenvalue weighted by molar-refractivity contribution is 7.91. The maximum absolute atomic E-state index is 13.4. The molecule has 1 aromatic heterocycles. The number of oxazole rings is 1. The van der Waals surface area contributed by atoms with E-state index in [0.29, 0.717) is 34.4 Å². The van der Waals surface area contributed by atoms with Crippen LogP contribution in [0.25, 0.3) is 11.5 Å². The lowest BCUT2D eigenvalue weighted by molar-refractivity contribution is 0.414. The number of methoxy groups -OCH3 is 1. The summed E-state index contributed by atoms with van der Waals surface area (Å²) in [7, 11) is -2.40. The molecule has 0 aliphatic carbocycles. The molecular formula is C21H20Cl2N2O4S. The number of sulfone groups is 1. The van der Waals surface area contributed by atoms with Gasteiger partial charge in [-0.1, -0.05) is 23.2 Å². The van der Waals surface area contributed by atoms with Gasteiger partial charge in [0, 0.05) is 18.1 Å². The van der Waals surface area contributed by atoms with Gasteiger partial charge in [-0.05, 0) is 61.7 Å². The van der Waals surface area contributed by atoms with E-state index in [1.54, 1.807) is 30.3 Å². The smallest absolute Gasteiger partial charge is 0.236 e. The second-order valence-electron chi connectivity index (χ2n) is 6.98. The number of benzene rings is 2. The summed E-state index contributed by atoms with van der Waals surface area (Å²) in [6, 6.07) is 11.1. The van der Waals surface area contributed by atoms with Gasteiger partial charge in [-0.15, -0.1) is 0 Å². The summed E-state index contributed by atoms with van der Waals surface area (Å²) in [4.78, 5) is 6.43. The van der Waals surface area contributed by atoms with Crippen molar-refractivity contribution in [3.05, 3.63) is 52.5 Å². The lowest BCUT2D eigenvalue weighted by atomic mass is 10.1. The summed E-state index contributed by atoms with van der Waals surface area (Å²) in [6.07, 6.45) is 3.01. The van der Waals surface area contributed by atoms with Crippen molar-refractivity contribution in [2.24, 2.45) is 0 Å². The van der Waals surface area contributed by atoms with Gasteiger partial charge in [-0.3, -0.25) is 0 Å². The Morgan fingerprint density at radius 1 is 1.03 bits per heavy atom. The van der Waals surface area contributed by atoms with E-state index in [2.05, 4.69) is 4.98 Å². The monoisotopic (exact) mass is 466 g/mol. The summed E-state index contributed by atoms with van der Waals surface area (Å²) in [5, 5.41) is 0.690. The molecule has 1 aliphatic rings. The lowest BCUT2D eigenvalue weighted by Gasteiger charge is -2.26. The fourth-order valence-corrected chi connectivity index (χ4v) is 5.23. The number of hydrogen-bond donors (Lipinski definition) is 0. The molecular weight excluding hydrogens is 447 g/mol. The summed E-state index contributed by atoms with van der Waals surface area (Å²) >= 11 is 12.3. The van der Waals surface area contributed by atoms with Crippen molar-refractivity contribution in [1.82, 2.24) is 4.98 Å². The third kappa shape index (κ3) is 4.02. The topological polar surface area (TPSA) is 72.6 Å². The number of hydrogen-bond acceptors (Lipinski definition) is 6. The Morgan fingerprint density at radius 2 is 1.73 bits per heavy atom. The van der Waals surface area contributed by atoms with Crippen LogP contribution in [0.3, 0.4) is 0 Å². The van der Waals surface area contributed by atoms with Gasteiger partial charge in [0.05, 0.1) is 22.6 Å². The molecule has 0 spiro atoms. The second-order valence-corrected chi connectivity index (χ2v) is 9.69. The predicted molar refractivity (Wildman–Crippen MR) is 116 cm³/mol. The number of piperidine rings is 1. The molecule has 0 atom stereocenters. The first-order valence-electron chi connectivity index (χ1n) is 9.50. The van der Waals surface area contributed by atoms with Gasteiger partial charge in [0.1, 0.15) is 5.75 Å². The maximum atomic E-state index is 13.4. The third-order valence-corrected chi connectivity index (χ3v) is 7.22. The van der Waals surface area contributed by atoms with Crippen LogP contribution < -0.4 is 9.64 Å². The zero-order chi connectivity index (χ0) is 21.3. The van der Waals surface area contributed by atoms with Crippen molar-refractivity contribution in [1.29, 1.82) is 0 Å². The molecule has 0 saturated carbocycles. The Hall–Kier alpha value is -2.22. The molecule has 0 bridgehead atoms. The number of halogens is 2. The van der Waals surface area contributed by atoms with E-state index in [4.69, 9.17) is 32.4 Å². The van der Waals surface area contributed by atoms with Gasteiger partial charge in [-0.2, -0.15) is 4.98 Å². The SMILES string of the molecule is COc1ccc(S(=O)(=O)c2nc(-c3ccc(Cl)cc3Cl)oc2N2CCCCC2)cc1. The number of aromatic nitrogens is 1. The third-order valence-electron chi connectivity index (χ3n) is 5.01. The predicted octanol–water partition coefficient (Wildman–Crippen LogP) is 5.48. The van der Waals surface area contributed by atoms with Gasteiger partial charge in [0.2, 0.25) is 26.6 Å². The zero-order valence-corrected chi connectivity index (χ0v) is 18.6. The Balaban J connectivity index is 1.84. The molecule has 0 amide bonds. The van der Waals surface area contributed by atoms with Crippen LogP contribution in [0.2, 0.25) is 10.0 Å². The number of rotatable bonds is 5. The molecule has 3 aromatic rings. The van der Waals surface area contributed by atoms with Crippen molar-refractivity contribution < 1.29 is 17.6 Å². The zero-order valence-electron chi connectivity index (χ0n) is 16.3. The van der Waals surface area contributed by atoms with Gasteiger partial charge < -0.3 is 14.1 Å². The van der Waals surface area contributed by atoms with Crippen LogP contribution in [-0.4, -0.2) is 33.6 Å². The minimum absolute atomic E-state index is 0.114. The fourth-order valence-electron chi connectivity index (χ4n) is 3.41. The molecule has 0 unspecified atom stereocenters. The fraction of sp³-hybridized carbons (Fsp3) is 0.286.